The highest BCUT2D eigenvalue weighted by Gasteiger charge is 2.21. The van der Waals surface area contributed by atoms with E-state index in [0.29, 0.717) is 22.4 Å². The first-order valence-corrected chi connectivity index (χ1v) is 8.83. The van der Waals surface area contributed by atoms with Crippen molar-refractivity contribution in [1.29, 1.82) is 5.41 Å². The molecule has 0 heterocycles. The van der Waals surface area contributed by atoms with Gasteiger partial charge in [-0.05, 0) is 35.4 Å². The summed E-state index contributed by atoms with van der Waals surface area (Å²) >= 11 is 0. The van der Waals surface area contributed by atoms with Gasteiger partial charge in [0, 0.05) is 16.7 Å². The van der Waals surface area contributed by atoms with Crippen molar-refractivity contribution < 1.29 is 14.7 Å². The van der Waals surface area contributed by atoms with Gasteiger partial charge < -0.3 is 22.3 Å². The highest BCUT2D eigenvalue weighted by molar-refractivity contribution is 6.15. The lowest BCUT2D eigenvalue weighted by atomic mass is 9.89. The molecular weight excluding hydrogens is 382 g/mol. The first-order valence-electron chi connectivity index (χ1n) is 8.83. The molecule has 0 saturated carbocycles. The minimum Gasteiger partial charge on any atom is -0.478 e. The molecule has 0 aromatic heterocycles. The number of hydrogen-bond acceptors (Lipinski definition) is 4. The van der Waals surface area contributed by atoms with Gasteiger partial charge in [0.2, 0.25) is 0 Å². The lowest BCUT2D eigenvalue weighted by Gasteiger charge is -2.14. The molecule has 0 aliphatic rings. The Morgan fingerprint density at radius 2 is 1.50 bits per heavy atom. The van der Waals surface area contributed by atoms with Gasteiger partial charge in [-0.25, -0.2) is 9.79 Å². The number of carbonyl (C=O) groups excluding carboxylic acids is 1. The van der Waals surface area contributed by atoms with Crippen molar-refractivity contribution in [3.63, 3.8) is 0 Å². The Kier molecular flexibility index (Phi) is 5.59. The van der Waals surface area contributed by atoms with E-state index in [1.54, 1.807) is 42.5 Å². The molecular formula is C22H19N5O3. The largest absolute Gasteiger partial charge is 0.478 e. The molecule has 0 saturated heterocycles. The molecule has 8 heteroatoms. The van der Waals surface area contributed by atoms with E-state index in [4.69, 9.17) is 22.6 Å². The van der Waals surface area contributed by atoms with Gasteiger partial charge >= 0.3 is 5.97 Å². The highest BCUT2D eigenvalue weighted by atomic mass is 16.4. The fourth-order valence-corrected chi connectivity index (χ4v) is 3.04. The second-order valence-electron chi connectivity index (χ2n) is 6.44. The van der Waals surface area contributed by atoms with Crippen LogP contribution in [0.1, 0.15) is 31.8 Å². The van der Waals surface area contributed by atoms with Crippen LogP contribution in [-0.2, 0) is 0 Å². The second kappa shape index (κ2) is 8.27. The van der Waals surface area contributed by atoms with Gasteiger partial charge in [0.15, 0.2) is 11.7 Å². The Morgan fingerprint density at radius 1 is 0.800 bits per heavy atom. The van der Waals surface area contributed by atoms with E-state index < -0.39 is 5.97 Å². The molecule has 0 aliphatic heterocycles. The van der Waals surface area contributed by atoms with E-state index in [2.05, 4.69) is 4.99 Å². The van der Waals surface area contributed by atoms with E-state index >= 15 is 0 Å². The molecule has 0 spiro atoms. The number of amidine groups is 1. The van der Waals surface area contributed by atoms with Crippen molar-refractivity contribution in [2.24, 2.45) is 22.2 Å². The molecule has 0 aliphatic carbocycles. The normalized spacial score (nSPS) is 10.3. The quantitative estimate of drug-likeness (QED) is 0.241. The molecule has 0 fully saturated rings. The monoisotopic (exact) mass is 401 g/mol. The zero-order valence-corrected chi connectivity index (χ0v) is 15.8. The fraction of sp³-hybridized carbons (Fsp3) is 0. The number of nitrogen functional groups attached to an aromatic ring is 1. The minimum atomic E-state index is -1.17. The molecule has 0 atom stereocenters. The molecule has 3 aromatic carbocycles. The van der Waals surface area contributed by atoms with E-state index in [1.807, 2.05) is 0 Å². The standard InChI is InChI=1S/C22H19N5O3/c23-20(24)13-6-8-15(18(10-13)19(28)12-4-2-1-3-5-12)17-11-14(27-22(25)26)7-9-16(17)21(29)30/h1-11H,(H3,23,24)(H,29,30)(H4,25,26,27). The van der Waals surface area contributed by atoms with Crippen LogP contribution in [0.5, 0.6) is 0 Å². The maximum Gasteiger partial charge on any atom is 0.336 e. The third kappa shape index (κ3) is 4.17. The molecule has 30 heavy (non-hydrogen) atoms. The summed E-state index contributed by atoms with van der Waals surface area (Å²) in [6, 6.07) is 17.5. The SMILES string of the molecule is N=C(N)c1ccc(-c2cc(N=C(N)N)ccc2C(=O)O)c(C(=O)c2ccccc2)c1. The van der Waals surface area contributed by atoms with Crippen molar-refractivity contribution in [2.75, 3.05) is 0 Å². The van der Waals surface area contributed by atoms with Crippen LogP contribution in [-0.4, -0.2) is 28.7 Å². The van der Waals surface area contributed by atoms with Crippen molar-refractivity contribution in [2.45, 2.75) is 0 Å². The third-order valence-electron chi connectivity index (χ3n) is 4.39. The van der Waals surface area contributed by atoms with Crippen LogP contribution in [0.15, 0.2) is 71.7 Å². The van der Waals surface area contributed by atoms with Crippen molar-refractivity contribution >= 4 is 29.2 Å². The number of carboxylic acid groups (broad SMARTS) is 1. The number of rotatable bonds is 6. The lowest BCUT2D eigenvalue weighted by molar-refractivity contribution is 0.0697. The second-order valence-corrected chi connectivity index (χ2v) is 6.44. The topological polar surface area (TPSA) is 169 Å². The van der Waals surface area contributed by atoms with Gasteiger partial charge in [-0.15, -0.1) is 0 Å². The summed E-state index contributed by atoms with van der Waals surface area (Å²) in [5.41, 5.74) is 18.4. The Bertz CT molecular complexity index is 1180. The Hall–Kier alpha value is -4.46. The predicted octanol–water partition coefficient (Wildman–Crippen LogP) is 2.47. The number of aliphatic imine (C=N–C) groups is 1. The summed E-state index contributed by atoms with van der Waals surface area (Å²) in [5.74, 6) is -1.90. The summed E-state index contributed by atoms with van der Waals surface area (Å²) < 4.78 is 0. The average molecular weight is 401 g/mol. The third-order valence-corrected chi connectivity index (χ3v) is 4.39. The van der Waals surface area contributed by atoms with Crippen LogP contribution in [0.3, 0.4) is 0 Å². The number of carbonyl (C=O) groups is 2. The molecule has 3 rings (SSSR count). The molecule has 0 amide bonds. The van der Waals surface area contributed by atoms with Gasteiger partial charge in [-0.2, -0.15) is 0 Å². The van der Waals surface area contributed by atoms with Gasteiger partial charge in [0.25, 0.3) is 0 Å². The average Bonchev–Trinajstić information content (AvgIpc) is 2.72. The summed E-state index contributed by atoms with van der Waals surface area (Å²) in [6.45, 7) is 0. The number of aromatic carboxylic acids is 1. The zero-order chi connectivity index (χ0) is 21.8. The fourth-order valence-electron chi connectivity index (χ4n) is 3.04. The Labute approximate surface area is 172 Å². The van der Waals surface area contributed by atoms with Crippen LogP contribution in [0.2, 0.25) is 0 Å². The smallest absolute Gasteiger partial charge is 0.336 e. The van der Waals surface area contributed by atoms with Gasteiger partial charge in [0.1, 0.15) is 5.84 Å². The molecule has 8 N–H and O–H groups in total. The van der Waals surface area contributed by atoms with Crippen LogP contribution in [0.25, 0.3) is 11.1 Å². The van der Waals surface area contributed by atoms with E-state index in [-0.39, 0.29) is 34.3 Å². The number of nitrogens with zero attached hydrogens (tertiary/aromatic N) is 1. The van der Waals surface area contributed by atoms with Gasteiger partial charge in [0.05, 0.1) is 11.3 Å². The number of carboxylic acids is 1. The number of ketones is 1. The highest BCUT2D eigenvalue weighted by Crippen LogP contribution is 2.33. The molecule has 3 aromatic rings. The van der Waals surface area contributed by atoms with E-state index in [9.17, 15) is 14.7 Å². The van der Waals surface area contributed by atoms with Gasteiger partial charge in [-0.1, -0.05) is 42.5 Å². The molecule has 8 nitrogen and oxygen atoms in total. The van der Waals surface area contributed by atoms with Gasteiger partial charge in [-0.3, -0.25) is 10.2 Å². The molecule has 0 bridgehead atoms. The number of hydrogen-bond donors (Lipinski definition) is 5. The predicted molar refractivity (Wildman–Crippen MR) is 115 cm³/mol. The lowest BCUT2D eigenvalue weighted by Crippen LogP contribution is -2.21. The summed E-state index contributed by atoms with van der Waals surface area (Å²) in [5, 5.41) is 17.4. The number of nitrogens with one attached hydrogen (secondary N) is 1. The van der Waals surface area contributed by atoms with E-state index in [0.717, 1.165) is 0 Å². The maximum absolute atomic E-state index is 13.2. The van der Waals surface area contributed by atoms with Crippen LogP contribution in [0, 0.1) is 5.41 Å². The van der Waals surface area contributed by atoms with Crippen LogP contribution >= 0.6 is 0 Å². The molecule has 0 unspecified atom stereocenters. The summed E-state index contributed by atoms with van der Waals surface area (Å²) in [4.78, 5) is 29.0. The molecule has 0 radical (unpaired) electrons. The van der Waals surface area contributed by atoms with Crippen molar-refractivity contribution in [1.82, 2.24) is 0 Å². The zero-order valence-electron chi connectivity index (χ0n) is 15.8. The van der Waals surface area contributed by atoms with Crippen molar-refractivity contribution in [3.8, 4) is 11.1 Å². The first-order chi connectivity index (χ1) is 14.3. The first kappa shape index (κ1) is 20.3. The van der Waals surface area contributed by atoms with Crippen LogP contribution in [0.4, 0.5) is 5.69 Å². The minimum absolute atomic E-state index is 0.0257. The summed E-state index contributed by atoms with van der Waals surface area (Å²) in [7, 11) is 0. The Balaban J connectivity index is 2.30. The number of nitrogens with two attached hydrogens (primary N) is 3. The summed E-state index contributed by atoms with van der Waals surface area (Å²) in [6.07, 6.45) is 0. The van der Waals surface area contributed by atoms with Crippen molar-refractivity contribution in [3.05, 3.63) is 89.0 Å². The van der Waals surface area contributed by atoms with Crippen LogP contribution < -0.4 is 17.2 Å². The molecule has 150 valence electrons. The maximum atomic E-state index is 13.2. The van der Waals surface area contributed by atoms with E-state index in [1.165, 1.54) is 24.3 Å². The number of guanidine groups is 1. The number of benzene rings is 3. The Morgan fingerprint density at radius 3 is 2.10 bits per heavy atom.